The van der Waals surface area contributed by atoms with E-state index in [-0.39, 0.29) is 24.9 Å². The van der Waals surface area contributed by atoms with Crippen LogP contribution in [0.5, 0.6) is 5.75 Å². The molecule has 0 fully saturated rings. The Balaban J connectivity index is 2.19. The molecule has 1 atom stereocenters. The molecule has 3 amide bonds. The van der Waals surface area contributed by atoms with Gasteiger partial charge in [0.1, 0.15) is 24.2 Å². The van der Waals surface area contributed by atoms with Crippen molar-refractivity contribution in [1.29, 1.82) is 0 Å². The van der Waals surface area contributed by atoms with Crippen molar-refractivity contribution in [3.63, 3.8) is 0 Å². The molecule has 0 aliphatic carbocycles. The summed E-state index contributed by atoms with van der Waals surface area (Å²) in [5, 5.41) is 7.77. The SMILES string of the molecule is CCCNC(=O)C(C)NC(=O)NCCOc1cccc(F)c1. The predicted octanol–water partition coefficient (Wildman–Crippen LogP) is 1.42. The molecule has 1 unspecified atom stereocenters. The molecule has 0 aliphatic heterocycles. The summed E-state index contributed by atoms with van der Waals surface area (Å²) in [6.07, 6.45) is 0.835. The van der Waals surface area contributed by atoms with E-state index in [1.807, 2.05) is 6.92 Å². The summed E-state index contributed by atoms with van der Waals surface area (Å²) in [6.45, 7) is 4.57. The fourth-order valence-electron chi connectivity index (χ4n) is 1.60. The Hall–Kier alpha value is -2.31. The molecular formula is C15H22FN3O3. The summed E-state index contributed by atoms with van der Waals surface area (Å²) >= 11 is 0. The number of amides is 3. The quantitative estimate of drug-likeness (QED) is 0.635. The number of hydrogen-bond donors (Lipinski definition) is 3. The Morgan fingerprint density at radius 2 is 2.05 bits per heavy atom. The number of urea groups is 1. The number of ether oxygens (including phenoxy) is 1. The van der Waals surface area contributed by atoms with Crippen LogP contribution in [0.2, 0.25) is 0 Å². The maximum atomic E-state index is 12.9. The number of nitrogens with one attached hydrogen (secondary N) is 3. The van der Waals surface area contributed by atoms with Crippen molar-refractivity contribution in [2.75, 3.05) is 19.7 Å². The summed E-state index contributed by atoms with van der Waals surface area (Å²) in [7, 11) is 0. The predicted molar refractivity (Wildman–Crippen MR) is 81.2 cm³/mol. The van der Waals surface area contributed by atoms with Gasteiger partial charge in [0.05, 0.1) is 6.54 Å². The van der Waals surface area contributed by atoms with Gasteiger partial charge in [0.25, 0.3) is 0 Å². The average Bonchev–Trinajstić information content (AvgIpc) is 2.49. The van der Waals surface area contributed by atoms with Crippen LogP contribution in [0.25, 0.3) is 0 Å². The lowest BCUT2D eigenvalue weighted by molar-refractivity contribution is -0.122. The molecule has 0 heterocycles. The van der Waals surface area contributed by atoms with Crippen LogP contribution in [0.4, 0.5) is 9.18 Å². The second kappa shape index (κ2) is 9.59. The molecule has 1 aromatic rings. The van der Waals surface area contributed by atoms with E-state index in [4.69, 9.17) is 4.74 Å². The van der Waals surface area contributed by atoms with E-state index in [0.29, 0.717) is 12.3 Å². The van der Waals surface area contributed by atoms with E-state index in [2.05, 4.69) is 16.0 Å². The van der Waals surface area contributed by atoms with E-state index in [1.165, 1.54) is 12.1 Å². The summed E-state index contributed by atoms with van der Waals surface area (Å²) in [5.41, 5.74) is 0. The Morgan fingerprint density at radius 1 is 1.27 bits per heavy atom. The highest BCUT2D eigenvalue weighted by Gasteiger charge is 2.14. The first-order valence-corrected chi connectivity index (χ1v) is 7.23. The maximum Gasteiger partial charge on any atom is 0.315 e. The molecule has 1 rings (SSSR count). The molecule has 1 aromatic carbocycles. The molecule has 7 heteroatoms. The van der Waals surface area contributed by atoms with Crippen LogP contribution >= 0.6 is 0 Å². The molecular weight excluding hydrogens is 289 g/mol. The third kappa shape index (κ3) is 6.92. The zero-order valence-corrected chi connectivity index (χ0v) is 12.8. The van der Waals surface area contributed by atoms with Gasteiger partial charge in [0.2, 0.25) is 5.91 Å². The van der Waals surface area contributed by atoms with Gasteiger partial charge in [-0.1, -0.05) is 13.0 Å². The summed E-state index contributed by atoms with van der Waals surface area (Å²) in [4.78, 5) is 23.1. The van der Waals surface area contributed by atoms with Crippen LogP contribution in [0.15, 0.2) is 24.3 Å². The molecule has 3 N–H and O–H groups in total. The lowest BCUT2D eigenvalue weighted by atomic mass is 10.3. The highest BCUT2D eigenvalue weighted by atomic mass is 19.1. The molecule has 122 valence electrons. The molecule has 0 saturated heterocycles. The first-order chi connectivity index (χ1) is 10.5. The third-order valence-electron chi connectivity index (χ3n) is 2.74. The second-order valence-electron chi connectivity index (χ2n) is 4.72. The molecule has 0 aliphatic rings. The Morgan fingerprint density at radius 3 is 2.73 bits per heavy atom. The number of carbonyl (C=O) groups excluding carboxylic acids is 2. The number of carbonyl (C=O) groups is 2. The largest absolute Gasteiger partial charge is 0.492 e. The van der Waals surface area contributed by atoms with Crippen LogP contribution in [0.3, 0.4) is 0 Å². The normalized spacial score (nSPS) is 11.4. The topological polar surface area (TPSA) is 79.5 Å². The van der Waals surface area contributed by atoms with Gasteiger partial charge in [0.15, 0.2) is 0 Å². The van der Waals surface area contributed by atoms with Crippen molar-refractivity contribution >= 4 is 11.9 Å². The first kappa shape index (κ1) is 17.7. The van der Waals surface area contributed by atoms with Gasteiger partial charge in [0, 0.05) is 12.6 Å². The Labute approximate surface area is 129 Å². The highest BCUT2D eigenvalue weighted by Crippen LogP contribution is 2.11. The van der Waals surface area contributed by atoms with Crippen LogP contribution in [0, 0.1) is 5.82 Å². The minimum Gasteiger partial charge on any atom is -0.492 e. The molecule has 6 nitrogen and oxygen atoms in total. The van der Waals surface area contributed by atoms with E-state index in [0.717, 1.165) is 6.42 Å². The fraction of sp³-hybridized carbons (Fsp3) is 0.467. The van der Waals surface area contributed by atoms with E-state index in [9.17, 15) is 14.0 Å². The number of halogens is 1. The maximum absolute atomic E-state index is 12.9. The van der Waals surface area contributed by atoms with Gasteiger partial charge in [-0.3, -0.25) is 4.79 Å². The van der Waals surface area contributed by atoms with Crippen molar-refractivity contribution < 1.29 is 18.7 Å². The number of hydrogen-bond acceptors (Lipinski definition) is 3. The van der Waals surface area contributed by atoms with Gasteiger partial charge in [-0.25, -0.2) is 9.18 Å². The lowest BCUT2D eigenvalue weighted by Crippen LogP contribution is -2.49. The summed E-state index contributed by atoms with van der Waals surface area (Å²) in [5.74, 6) is -0.211. The average molecular weight is 311 g/mol. The minimum atomic E-state index is -0.615. The minimum absolute atomic E-state index is 0.202. The second-order valence-corrected chi connectivity index (χ2v) is 4.72. The first-order valence-electron chi connectivity index (χ1n) is 7.23. The van der Waals surface area contributed by atoms with E-state index in [1.54, 1.807) is 19.1 Å². The Bertz CT molecular complexity index is 497. The molecule has 0 bridgehead atoms. The third-order valence-corrected chi connectivity index (χ3v) is 2.74. The van der Waals surface area contributed by atoms with Gasteiger partial charge in [-0.05, 0) is 25.5 Å². The molecule has 0 saturated carbocycles. The summed E-state index contributed by atoms with van der Waals surface area (Å²) in [6, 6.07) is 4.69. The van der Waals surface area contributed by atoms with Crippen molar-refractivity contribution in [3.8, 4) is 5.75 Å². The smallest absolute Gasteiger partial charge is 0.315 e. The van der Waals surface area contributed by atoms with Crippen LogP contribution in [-0.4, -0.2) is 37.7 Å². The standard InChI is InChI=1S/C15H22FN3O3/c1-3-7-17-14(20)11(2)19-15(21)18-8-9-22-13-6-4-5-12(16)10-13/h4-6,10-11H,3,7-9H2,1-2H3,(H,17,20)(H2,18,19,21). The van der Waals surface area contributed by atoms with Gasteiger partial charge in [-0.15, -0.1) is 0 Å². The molecule has 22 heavy (non-hydrogen) atoms. The molecule has 0 aromatic heterocycles. The van der Waals surface area contributed by atoms with Crippen molar-refractivity contribution in [1.82, 2.24) is 16.0 Å². The molecule has 0 radical (unpaired) electrons. The van der Waals surface area contributed by atoms with Crippen LogP contribution in [-0.2, 0) is 4.79 Å². The molecule has 0 spiro atoms. The van der Waals surface area contributed by atoms with Gasteiger partial charge in [-0.2, -0.15) is 0 Å². The van der Waals surface area contributed by atoms with Crippen LogP contribution in [0.1, 0.15) is 20.3 Å². The van der Waals surface area contributed by atoms with E-state index >= 15 is 0 Å². The van der Waals surface area contributed by atoms with Crippen LogP contribution < -0.4 is 20.7 Å². The number of benzene rings is 1. The lowest BCUT2D eigenvalue weighted by Gasteiger charge is -2.14. The van der Waals surface area contributed by atoms with Crippen molar-refractivity contribution in [2.24, 2.45) is 0 Å². The summed E-state index contributed by atoms with van der Waals surface area (Å²) < 4.78 is 18.2. The van der Waals surface area contributed by atoms with Crippen molar-refractivity contribution in [2.45, 2.75) is 26.3 Å². The van der Waals surface area contributed by atoms with Gasteiger partial charge >= 0.3 is 6.03 Å². The van der Waals surface area contributed by atoms with E-state index < -0.39 is 12.1 Å². The fourth-order valence-corrected chi connectivity index (χ4v) is 1.60. The Kier molecular flexibility index (Phi) is 7.74. The van der Waals surface area contributed by atoms with Gasteiger partial charge < -0.3 is 20.7 Å². The monoisotopic (exact) mass is 311 g/mol. The highest BCUT2D eigenvalue weighted by molar-refractivity contribution is 5.86. The number of rotatable bonds is 8. The van der Waals surface area contributed by atoms with Crippen molar-refractivity contribution in [3.05, 3.63) is 30.1 Å². The zero-order valence-electron chi connectivity index (χ0n) is 12.8. The zero-order chi connectivity index (χ0) is 16.4.